The summed E-state index contributed by atoms with van der Waals surface area (Å²) >= 11 is 1.82. The fourth-order valence-electron chi connectivity index (χ4n) is 6.23. The third kappa shape index (κ3) is 3.94. The first-order valence-electron chi connectivity index (χ1n) is 14.6. The van der Waals surface area contributed by atoms with Gasteiger partial charge in [-0.25, -0.2) is 15.0 Å². The van der Waals surface area contributed by atoms with Crippen molar-refractivity contribution in [1.29, 1.82) is 0 Å². The second-order valence-electron chi connectivity index (χ2n) is 10.9. The minimum atomic E-state index is 0.694. The predicted molar refractivity (Wildman–Crippen MR) is 183 cm³/mol. The van der Waals surface area contributed by atoms with Gasteiger partial charge in [-0.15, -0.1) is 11.3 Å². The van der Waals surface area contributed by atoms with Crippen molar-refractivity contribution >= 4 is 53.4 Å². The van der Waals surface area contributed by atoms with Gasteiger partial charge in [0.25, 0.3) is 0 Å². The molecule has 4 nitrogen and oxygen atoms in total. The van der Waals surface area contributed by atoms with Crippen LogP contribution in [-0.4, -0.2) is 19.5 Å². The smallest absolute Gasteiger partial charge is 0.160 e. The molecular weight excluding hydrogens is 557 g/mol. The number of nitrogens with zero attached hydrogens (tertiary/aromatic N) is 4. The molecule has 0 N–H and O–H groups in total. The maximum atomic E-state index is 5.30. The van der Waals surface area contributed by atoms with Crippen LogP contribution in [0.25, 0.3) is 81.8 Å². The van der Waals surface area contributed by atoms with Crippen LogP contribution >= 0.6 is 11.3 Å². The normalized spacial score (nSPS) is 11.6. The lowest BCUT2D eigenvalue weighted by molar-refractivity contribution is 1.10. The average molecular weight is 581 g/mol. The Morgan fingerprint density at radius 3 is 2.09 bits per heavy atom. The molecule has 0 aliphatic rings. The highest BCUT2D eigenvalue weighted by Crippen LogP contribution is 2.42. The summed E-state index contributed by atoms with van der Waals surface area (Å²) < 4.78 is 4.74. The minimum Gasteiger partial charge on any atom is -0.292 e. The van der Waals surface area contributed by atoms with Crippen molar-refractivity contribution in [3.05, 3.63) is 146 Å². The van der Waals surface area contributed by atoms with E-state index in [-0.39, 0.29) is 0 Å². The summed E-state index contributed by atoms with van der Waals surface area (Å²) in [5.74, 6) is 1.58. The van der Waals surface area contributed by atoms with E-state index in [0.717, 1.165) is 55.8 Å². The SMILES string of the molecule is c1ccc(-c2nc(-c3cccc(-c4nc5ccccc5n4-c4ccccc4)c3)nc3ccc4sc5ccccc5c4c23)cc1. The predicted octanol–water partition coefficient (Wildman–Crippen LogP) is 10.3. The van der Waals surface area contributed by atoms with Crippen LogP contribution in [0, 0.1) is 0 Å². The van der Waals surface area contributed by atoms with Gasteiger partial charge in [-0.3, -0.25) is 4.57 Å². The van der Waals surface area contributed by atoms with Crippen LogP contribution in [0.2, 0.25) is 0 Å². The standard InChI is InChI=1S/C39H24N4S/c1-3-12-25(13-4-1)37-36-31(22-23-34-35(36)29-18-7-10-21-33(29)44-34)40-38(42-37)26-14-11-15-27(24-26)39-41-30-19-8-9-20-32(30)43(39)28-16-5-2-6-17-28/h1-24H. The van der Waals surface area contributed by atoms with Gasteiger partial charge >= 0.3 is 0 Å². The summed E-state index contributed by atoms with van der Waals surface area (Å²) in [7, 11) is 0. The molecule has 0 amide bonds. The second kappa shape index (κ2) is 9.97. The number of para-hydroxylation sites is 3. The molecule has 6 aromatic carbocycles. The Bertz CT molecular complexity index is 2490. The lowest BCUT2D eigenvalue weighted by atomic mass is 10.0. The van der Waals surface area contributed by atoms with Crippen molar-refractivity contribution in [1.82, 2.24) is 19.5 Å². The zero-order chi connectivity index (χ0) is 29.0. The van der Waals surface area contributed by atoms with E-state index < -0.39 is 0 Å². The van der Waals surface area contributed by atoms with Crippen LogP contribution in [0.1, 0.15) is 0 Å². The van der Waals surface area contributed by atoms with E-state index in [1.807, 2.05) is 29.5 Å². The lowest BCUT2D eigenvalue weighted by Gasteiger charge is -2.12. The van der Waals surface area contributed by atoms with E-state index in [4.69, 9.17) is 15.0 Å². The molecule has 0 saturated carbocycles. The van der Waals surface area contributed by atoms with Crippen LogP contribution in [0.15, 0.2) is 146 Å². The lowest BCUT2D eigenvalue weighted by Crippen LogP contribution is -1.98. The maximum absolute atomic E-state index is 5.30. The zero-order valence-corrected chi connectivity index (χ0v) is 24.4. The van der Waals surface area contributed by atoms with Crippen LogP contribution < -0.4 is 0 Å². The van der Waals surface area contributed by atoms with E-state index in [2.05, 4.69) is 132 Å². The Labute approximate surface area is 257 Å². The van der Waals surface area contributed by atoms with E-state index in [1.54, 1.807) is 0 Å². The molecular formula is C39H24N4S. The highest BCUT2D eigenvalue weighted by molar-refractivity contribution is 7.26. The number of aromatic nitrogens is 4. The number of benzene rings is 6. The van der Waals surface area contributed by atoms with Gasteiger partial charge in [0.15, 0.2) is 5.82 Å². The summed E-state index contributed by atoms with van der Waals surface area (Å²) in [6, 6.07) is 50.5. The summed E-state index contributed by atoms with van der Waals surface area (Å²) in [5, 5.41) is 3.56. The van der Waals surface area contributed by atoms with Gasteiger partial charge < -0.3 is 0 Å². The van der Waals surface area contributed by atoms with Crippen LogP contribution in [0.4, 0.5) is 0 Å². The Hall–Kier alpha value is -5.65. The van der Waals surface area contributed by atoms with Crippen molar-refractivity contribution < 1.29 is 0 Å². The molecule has 206 valence electrons. The Morgan fingerprint density at radius 2 is 1.20 bits per heavy atom. The van der Waals surface area contributed by atoms with Gasteiger partial charge in [-0.05, 0) is 48.5 Å². The fourth-order valence-corrected chi connectivity index (χ4v) is 7.34. The van der Waals surface area contributed by atoms with Crippen molar-refractivity contribution in [3.63, 3.8) is 0 Å². The zero-order valence-electron chi connectivity index (χ0n) is 23.6. The molecule has 5 heteroatoms. The molecule has 0 saturated heterocycles. The minimum absolute atomic E-state index is 0.694. The molecule has 3 heterocycles. The molecule has 3 aromatic heterocycles. The van der Waals surface area contributed by atoms with Crippen LogP contribution in [0.5, 0.6) is 0 Å². The quantitative estimate of drug-likeness (QED) is 0.208. The average Bonchev–Trinajstić information content (AvgIpc) is 3.68. The van der Waals surface area contributed by atoms with E-state index in [9.17, 15) is 0 Å². The van der Waals surface area contributed by atoms with Crippen LogP contribution in [-0.2, 0) is 0 Å². The number of hydrogen-bond donors (Lipinski definition) is 0. The first-order valence-corrected chi connectivity index (χ1v) is 15.4. The third-order valence-corrected chi connectivity index (χ3v) is 9.34. The molecule has 9 aromatic rings. The molecule has 0 atom stereocenters. The Morgan fingerprint density at radius 1 is 0.477 bits per heavy atom. The van der Waals surface area contributed by atoms with Gasteiger partial charge in [-0.1, -0.05) is 97.1 Å². The number of rotatable bonds is 4. The van der Waals surface area contributed by atoms with Crippen molar-refractivity contribution in [3.8, 4) is 39.7 Å². The summed E-state index contributed by atoms with van der Waals surface area (Å²) in [6.07, 6.45) is 0. The molecule has 0 aliphatic heterocycles. The Kier molecular flexibility index (Phi) is 5.64. The van der Waals surface area contributed by atoms with Crippen LogP contribution in [0.3, 0.4) is 0 Å². The van der Waals surface area contributed by atoms with E-state index in [1.165, 1.54) is 20.2 Å². The maximum Gasteiger partial charge on any atom is 0.160 e. The van der Waals surface area contributed by atoms with Crippen molar-refractivity contribution in [2.45, 2.75) is 0 Å². The van der Waals surface area contributed by atoms with Crippen molar-refractivity contribution in [2.24, 2.45) is 0 Å². The highest BCUT2D eigenvalue weighted by Gasteiger charge is 2.19. The third-order valence-electron chi connectivity index (χ3n) is 8.20. The molecule has 0 unspecified atom stereocenters. The van der Waals surface area contributed by atoms with E-state index >= 15 is 0 Å². The number of fused-ring (bicyclic) bond motifs is 6. The van der Waals surface area contributed by atoms with Gasteiger partial charge in [0.2, 0.25) is 0 Å². The van der Waals surface area contributed by atoms with Gasteiger partial charge in [-0.2, -0.15) is 0 Å². The van der Waals surface area contributed by atoms with E-state index in [0.29, 0.717) is 5.82 Å². The second-order valence-corrected chi connectivity index (χ2v) is 12.0. The first-order chi connectivity index (χ1) is 21.8. The topological polar surface area (TPSA) is 43.6 Å². The molecule has 9 rings (SSSR count). The van der Waals surface area contributed by atoms with Gasteiger partial charge in [0.1, 0.15) is 5.82 Å². The Balaban J connectivity index is 1.29. The largest absolute Gasteiger partial charge is 0.292 e. The van der Waals surface area contributed by atoms with Gasteiger partial charge in [0.05, 0.1) is 22.2 Å². The molecule has 0 aliphatic carbocycles. The molecule has 0 bridgehead atoms. The number of hydrogen-bond acceptors (Lipinski definition) is 4. The monoisotopic (exact) mass is 580 g/mol. The molecule has 0 spiro atoms. The fraction of sp³-hybridized carbons (Fsp3) is 0. The summed E-state index contributed by atoms with van der Waals surface area (Å²) in [5.41, 5.74) is 8.01. The highest BCUT2D eigenvalue weighted by atomic mass is 32.1. The molecule has 0 radical (unpaired) electrons. The number of imidazole rings is 1. The number of thiophene rings is 1. The molecule has 44 heavy (non-hydrogen) atoms. The summed E-state index contributed by atoms with van der Waals surface area (Å²) in [4.78, 5) is 15.6. The van der Waals surface area contributed by atoms with Crippen molar-refractivity contribution in [2.75, 3.05) is 0 Å². The first kappa shape index (κ1) is 24.9. The van der Waals surface area contributed by atoms with Gasteiger partial charge in [0, 0.05) is 47.9 Å². The molecule has 0 fully saturated rings. The summed E-state index contributed by atoms with van der Waals surface area (Å²) in [6.45, 7) is 0.